The van der Waals surface area contributed by atoms with Gasteiger partial charge in [0.2, 0.25) is 0 Å². The molecule has 1 amide bonds. The number of ether oxygens (including phenoxy) is 1. The lowest BCUT2D eigenvalue weighted by molar-refractivity contribution is 0.0145. The maximum Gasteiger partial charge on any atom is 0.278 e. The Hall–Kier alpha value is -2.73. The van der Waals surface area contributed by atoms with Crippen molar-refractivity contribution < 1.29 is 18.8 Å². The molecule has 3 rings (SSSR count). The minimum atomic E-state index is -0.528. The van der Waals surface area contributed by atoms with E-state index in [0.29, 0.717) is 5.65 Å². The van der Waals surface area contributed by atoms with Gasteiger partial charge in [-0.15, -0.1) is 0 Å². The SMILES string of the molecule is C=COCCONC(=O)c1ccc2ncnn2c1Nc1ccc(I)cc1F. The molecular formula is C17H15FIN5O3. The van der Waals surface area contributed by atoms with Crippen LogP contribution in [0.4, 0.5) is 15.9 Å². The molecular weight excluding hydrogens is 468 g/mol. The second-order valence-corrected chi connectivity index (χ2v) is 6.44. The highest BCUT2D eigenvalue weighted by Gasteiger charge is 2.17. The number of pyridine rings is 1. The van der Waals surface area contributed by atoms with E-state index in [1.54, 1.807) is 24.3 Å². The molecule has 0 aliphatic heterocycles. The third kappa shape index (κ3) is 4.52. The average molecular weight is 483 g/mol. The molecule has 27 heavy (non-hydrogen) atoms. The molecule has 1 aromatic carbocycles. The summed E-state index contributed by atoms with van der Waals surface area (Å²) in [4.78, 5) is 21.7. The first-order valence-electron chi connectivity index (χ1n) is 7.79. The molecule has 140 valence electrons. The third-order valence-corrected chi connectivity index (χ3v) is 4.13. The molecule has 8 nitrogen and oxygen atoms in total. The van der Waals surface area contributed by atoms with E-state index in [1.165, 1.54) is 23.2 Å². The van der Waals surface area contributed by atoms with Crippen LogP contribution >= 0.6 is 22.6 Å². The molecule has 0 atom stereocenters. The van der Waals surface area contributed by atoms with E-state index in [2.05, 4.69) is 27.5 Å². The van der Waals surface area contributed by atoms with Crippen LogP contribution in [0.15, 0.2) is 49.5 Å². The highest BCUT2D eigenvalue weighted by molar-refractivity contribution is 14.1. The maximum absolute atomic E-state index is 14.3. The summed E-state index contributed by atoms with van der Waals surface area (Å²) in [7, 11) is 0. The van der Waals surface area contributed by atoms with Crippen LogP contribution in [0, 0.1) is 9.39 Å². The summed E-state index contributed by atoms with van der Waals surface area (Å²) in [5.74, 6) is -0.726. The first-order valence-corrected chi connectivity index (χ1v) is 8.87. The number of carbonyl (C=O) groups excluding carboxylic acids is 1. The Labute approximate surface area is 167 Å². The smallest absolute Gasteiger partial charge is 0.278 e. The molecule has 0 unspecified atom stereocenters. The van der Waals surface area contributed by atoms with Crippen LogP contribution < -0.4 is 10.8 Å². The van der Waals surface area contributed by atoms with E-state index in [-0.39, 0.29) is 30.3 Å². The van der Waals surface area contributed by atoms with Crippen LogP contribution in [0.3, 0.4) is 0 Å². The highest BCUT2D eigenvalue weighted by atomic mass is 127. The van der Waals surface area contributed by atoms with E-state index in [9.17, 15) is 9.18 Å². The van der Waals surface area contributed by atoms with Crippen LogP contribution in [-0.4, -0.2) is 33.7 Å². The molecule has 0 bridgehead atoms. The van der Waals surface area contributed by atoms with Crippen molar-refractivity contribution in [3.8, 4) is 0 Å². The van der Waals surface area contributed by atoms with Crippen molar-refractivity contribution in [1.82, 2.24) is 20.1 Å². The minimum Gasteiger partial charge on any atom is -0.499 e. The lowest BCUT2D eigenvalue weighted by atomic mass is 10.2. The fourth-order valence-corrected chi connectivity index (χ4v) is 2.71. The number of benzene rings is 1. The minimum absolute atomic E-state index is 0.137. The fourth-order valence-electron chi connectivity index (χ4n) is 2.25. The van der Waals surface area contributed by atoms with Crippen LogP contribution in [0.1, 0.15) is 10.4 Å². The van der Waals surface area contributed by atoms with Gasteiger partial charge < -0.3 is 10.1 Å². The predicted octanol–water partition coefficient (Wildman–Crippen LogP) is 3.04. The van der Waals surface area contributed by atoms with Crippen LogP contribution in [0.5, 0.6) is 0 Å². The van der Waals surface area contributed by atoms with Crippen molar-refractivity contribution >= 4 is 45.7 Å². The molecule has 0 spiro atoms. The largest absolute Gasteiger partial charge is 0.499 e. The van der Waals surface area contributed by atoms with Gasteiger partial charge in [0.05, 0.1) is 17.5 Å². The fraction of sp³-hybridized carbons (Fsp3) is 0.118. The summed E-state index contributed by atoms with van der Waals surface area (Å²) in [6.45, 7) is 3.79. The maximum atomic E-state index is 14.3. The van der Waals surface area contributed by atoms with E-state index in [1.807, 2.05) is 22.6 Å². The van der Waals surface area contributed by atoms with Gasteiger partial charge in [-0.2, -0.15) is 9.61 Å². The number of halogens is 2. The summed E-state index contributed by atoms with van der Waals surface area (Å²) in [6.07, 6.45) is 2.62. The van der Waals surface area contributed by atoms with Crippen LogP contribution in [0.25, 0.3) is 5.65 Å². The Bertz CT molecular complexity index is 978. The van der Waals surface area contributed by atoms with Gasteiger partial charge in [-0.25, -0.2) is 14.9 Å². The van der Waals surface area contributed by atoms with E-state index in [4.69, 9.17) is 9.57 Å². The van der Waals surface area contributed by atoms with Gasteiger partial charge in [0, 0.05) is 3.57 Å². The number of hydroxylamine groups is 1. The zero-order valence-corrected chi connectivity index (χ0v) is 16.1. The number of amides is 1. The first-order chi connectivity index (χ1) is 13.1. The summed E-state index contributed by atoms with van der Waals surface area (Å²) >= 11 is 2.02. The van der Waals surface area contributed by atoms with Crippen molar-refractivity contribution in [1.29, 1.82) is 0 Å². The van der Waals surface area contributed by atoms with Crippen molar-refractivity contribution in [3.05, 3.63) is 64.5 Å². The molecule has 10 heteroatoms. The van der Waals surface area contributed by atoms with Crippen molar-refractivity contribution in [2.24, 2.45) is 0 Å². The number of carbonyl (C=O) groups is 1. The van der Waals surface area contributed by atoms with E-state index >= 15 is 0 Å². The van der Waals surface area contributed by atoms with Gasteiger partial charge in [0.1, 0.15) is 31.2 Å². The van der Waals surface area contributed by atoms with Gasteiger partial charge in [0.25, 0.3) is 5.91 Å². The number of rotatable bonds is 8. The number of hydrogen-bond acceptors (Lipinski definition) is 6. The third-order valence-electron chi connectivity index (χ3n) is 3.45. The number of fused-ring (bicyclic) bond motifs is 1. The summed E-state index contributed by atoms with van der Waals surface area (Å²) in [5.41, 5.74) is 3.22. The zero-order valence-electron chi connectivity index (χ0n) is 14.0. The number of anilines is 2. The van der Waals surface area contributed by atoms with Crippen LogP contribution in [-0.2, 0) is 9.57 Å². The average Bonchev–Trinajstić information content (AvgIpc) is 3.13. The summed E-state index contributed by atoms with van der Waals surface area (Å²) in [6, 6.07) is 7.88. The number of hydrogen-bond donors (Lipinski definition) is 2. The quantitative estimate of drug-likeness (QED) is 0.222. The molecule has 2 heterocycles. The van der Waals surface area contributed by atoms with Crippen molar-refractivity contribution in [3.63, 3.8) is 0 Å². The predicted molar refractivity (Wildman–Crippen MR) is 105 cm³/mol. The van der Waals surface area contributed by atoms with Crippen molar-refractivity contribution in [2.75, 3.05) is 18.5 Å². The number of nitrogens with one attached hydrogen (secondary N) is 2. The molecule has 3 aromatic rings. The van der Waals surface area contributed by atoms with Gasteiger partial charge >= 0.3 is 0 Å². The first kappa shape index (κ1) is 19.0. The van der Waals surface area contributed by atoms with E-state index < -0.39 is 11.7 Å². The molecule has 2 N–H and O–H groups in total. The normalized spacial score (nSPS) is 10.6. The molecule has 0 fully saturated rings. The second-order valence-electron chi connectivity index (χ2n) is 5.19. The molecule has 0 saturated heterocycles. The Kier molecular flexibility index (Phi) is 6.19. The monoisotopic (exact) mass is 483 g/mol. The molecule has 0 aliphatic carbocycles. The van der Waals surface area contributed by atoms with Gasteiger partial charge in [-0.05, 0) is 52.9 Å². The molecule has 0 saturated carbocycles. The standard InChI is InChI=1S/C17H15FIN5O3/c1-2-26-7-8-27-23-17(25)12-4-6-15-20-10-21-24(15)16(12)22-14-5-3-11(19)9-13(14)18/h2-6,9-10,22H,1,7-8H2,(H,23,25). The summed E-state index contributed by atoms with van der Waals surface area (Å²) in [5, 5.41) is 7.01. The number of aromatic nitrogens is 3. The molecule has 0 aliphatic rings. The van der Waals surface area contributed by atoms with Crippen LogP contribution in [0.2, 0.25) is 0 Å². The van der Waals surface area contributed by atoms with Gasteiger partial charge in [0.15, 0.2) is 5.65 Å². The second kappa shape index (κ2) is 8.77. The topological polar surface area (TPSA) is 89.8 Å². The Balaban J connectivity index is 1.87. The van der Waals surface area contributed by atoms with Gasteiger partial charge in [-0.1, -0.05) is 6.58 Å². The molecule has 2 aromatic heterocycles. The Morgan fingerprint density at radius 2 is 2.19 bits per heavy atom. The van der Waals surface area contributed by atoms with Gasteiger partial charge in [-0.3, -0.25) is 9.63 Å². The summed E-state index contributed by atoms with van der Waals surface area (Å²) < 4.78 is 21.3. The number of nitrogens with zero attached hydrogens (tertiary/aromatic N) is 3. The van der Waals surface area contributed by atoms with E-state index in [0.717, 1.165) is 3.57 Å². The lowest BCUT2D eigenvalue weighted by Gasteiger charge is -2.14. The Morgan fingerprint density at radius 1 is 1.33 bits per heavy atom. The Morgan fingerprint density at radius 3 is 2.96 bits per heavy atom. The lowest BCUT2D eigenvalue weighted by Crippen LogP contribution is -2.26. The van der Waals surface area contributed by atoms with Crippen molar-refractivity contribution in [2.45, 2.75) is 0 Å². The molecule has 0 radical (unpaired) electrons. The zero-order chi connectivity index (χ0) is 19.2. The highest BCUT2D eigenvalue weighted by Crippen LogP contribution is 2.25.